The number of carboxylic acids is 1. The van der Waals surface area contributed by atoms with Crippen molar-refractivity contribution < 1.29 is 14.6 Å². The second-order valence-electron chi connectivity index (χ2n) is 3.66. The van der Waals surface area contributed by atoms with E-state index in [4.69, 9.17) is 9.84 Å². The highest BCUT2D eigenvalue weighted by atomic mass is 16.5. The van der Waals surface area contributed by atoms with Crippen LogP contribution in [0.4, 0.5) is 0 Å². The van der Waals surface area contributed by atoms with Gasteiger partial charge in [0.05, 0.1) is 0 Å². The molecule has 16 heavy (non-hydrogen) atoms. The molecule has 1 aromatic rings. The van der Waals surface area contributed by atoms with Crippen LogP contribution in [0.15, 0.2) is 24.3 Å². The molecular formula is C13H18O3. The first kappa shape index (κ1) is 12.7. The molecule has 0 unspecified atom stereocenters. The van der Waals surface area contributed by atoms with Gasteiger partial charge in [-0.1, -0.05) is 31.2 Å². The third-order valence-corrected chi connectivity index (χ3v) is 2.50. The van der Waals surface area contributed by atoms with Crippen LogP contribution in [0.3, 0.4) is 0 Å². The van der Waals surface area contributed by atoms with Crippen LogP contribution >= 0.6 is 0 Å². The first-order valence-electron chi connectivity index (χ1n) is 5.59. The highest BCUT2D eigenvalue weighted by Crippen LogP contribution is 2.09. The molecule has 0 aliphatic carbocycles. The van der Waals surface area contributed by atoms with E-state index < -0.39 is 12.1 Å². The van der Waals surface area contributed by atoms with Gasteiger partial charge in [-0.05, 0) is 24.5 Å². The number of hydrogen-bond donors (Lipinski definition) is 1. The fourth-order valence-electron chi connectivity index (χ4n) is 1.54. The number of carbonyl (C=O) groups is 1. The maximum Gasteiger partial charge on any atom is 0.333 e. The standard InChI is InChI=1S/C13H18O3/c1-3-10-5-7-11(8-6-10)9-12(13(14)15)16-4-2/h5-8,12H,3-4,9H2,1-2H3,(H,14,15)/t12-/m1/s1. The fourth-order valence-corrected chi connectivity index (χ4v) is 1.54. The van der Waals surface area contributed by atoms with Gasteiger partial charge in [0.25, 0.3) is 0 Å². The Labute approximate surface area is 96.1 Å². The summed E-state index contributed by atoms with van der Waals surface area (Å²) < 4.78 is 5.16. The van der Waals surface area contributed by atoms with E-state index in [9.17, 15) is 4.79 Å². The van der Waals surface area contributed by atoms with Crippen LogP contribution in [0.25, 0.3) is 0 Å². The molecule has 88 valence electrons. The molecular weight excluding hydrogens is 204 g/mol. The molecule has 1 atom stereocenters. The van der Waals surface area contributed by atoms with Crippen LogP contribution in [0.2, 0.25) is 0 Å². The van der Waals surface area contributed by atoms with E-state index in [1.807, 2.05) is 24.3 Å². The number of carboxylic acid groups (broad SMARTS) is 1. The van der Waals surface area contributed by atoms with Gasteiger partial charge in [-0.3, -0.25) is 0 Å². The van der Waals surface area contributed by atoms with Crippen molar-refractivity contribution in [3.8, 4) is 0 Å². The average molecular weight is 222 g/mol. The maximum absolute atomic E-state index is 10.9. The zero-order chi connectivity index (χ0) is 12.0. The topological polar surface area (TPSA) is 46.5 Å². The summed E-state index contributed by atoms with van der Waals surface area (Å²) in [7, 11) is 0. The molecule has 0 aromatic heterocycles. The smallest absolute Gasteiger partial charge is 0.333 e. The van der Waals surface area contributed by atoms with E-state index in [1.54, 1.807) is 6.92 Å². The summed E-state index contributed by atoms with van der Waals surface area (Å²) >= 11 is 0. The Bertz CT molecular complexity index is 330. The minimum atomic E-state index is -0.901. The van der Waals surface area contributed by atoms with Gasteiger partial charge in [0, 0.05) is 13.0 Å². The molecule has 3 heteroatoms. The van der Waals surface area contributed by atoms with Crippen LogP contribution in [-0.4, -0.2) is 23.8 Å². The highest BCUT2D eigenvalue weighted by molar-refractivity contribution is 5.72. The van der Waals surface area contributed by atoms with Crippen molar-refractivity contribution in [2.45, 2.75) is 32.8 Å². The Hall–Kier alpha value is -1.35. The maximum atomic E-state index is 10.9. The van der Waals surface area contributed by atoms with Crippen molar-refractivity contribution in [2.24, 2.45) is 0 Å². The first-order valence-corrected chi connectivity index (χ1v) is 5.59. The summed E-state index contributed by atoms with van der Waals surface area (Å²) in [5.41, 5.74) is 2.25. The predicted octanol–water partition coefficient (Wildman–Crippen LogP) is 2.28. The van der Waals surface area contributed by atoms with Gasteiger partial charge < -0.3 is 9.84 Å². The Kier molecular flexibility index (Phi) is 4.99. The van der Waals surface area contributed by atoms with Crippen molar-refractivity contribution in [2.75, 3.05) is 6.61 Å². The highest BCUT2D eigenvalue weighted by Gasteiger charge is 2.17. The normalized spacial score (nSPS) is 12.4. The molecule has 0 spiro atoms. The van der Waals surface area contributed by atoms with E-state index in [2.05, 4.69) is 6.92 Å². The van der Waals surface area contributed by atoms with Crippen LogP contribution < -0.4 is 0 Å². The van der Waals surface area contributed by atoms with Crippen LogP contribution in [-0.2, 0) is 22.4 Å². The van der Waals surface area contributed by atoms with Crippen LogP contribution in [0, 0.1) is 0 Å². The summed E-state index contributed by atoms with van der Waals surface area (Å²) in [5, 5.41) is 8.94. The fraction of sp³-hybridized carbons (Fsp3) is 0.462. The molecule has 0 amide bonds. The number of aryl methyl sites for hydroxylation is 1. The summed E-state index contributed by atoms with van der Waals surface area (Å²) in [6, 6.07) is 7.99. The molecule has 1 aromatic carbocycles. The largest absolute Gasteiger partial charge is 0.479 e. The van der Waals surface area contributed by atoms with Crippen molar-refractivity contribution in [3.05, 3.63) is 35.4 Å². The Balaban J connectivity index is 2.65. The van der Waals surface area contributed by atoms with E-state index >= 15 is 0 Å². The molecule has 1 N–H and O–H groups in total. The molecule has 0 aliphatic rings. The number of benzene rings is 1. The summed E-state index contributed by atoms with van der Waals surface area (Å²) in [6.45, 7) is 4.31. The van der Waals surface area contributed by atoms with E-state index in [0.717, 1.165) is 12.0 Å². The number of ether oxygens (including phenoxy) is 1. The van der Waals surface area contributed by atoms with Gasteiger partial charge in [0.2, 0.25) is 0 Å². The lowest BCUT2D eigenvalue weighted by atomic mass is 10.0. The Morgan fingerprint density at radius 3 is 2.25 bits per heavy atom. The first-order chi connectivity index (χ1) is 7.67. The lowest BCUT2D eigenvalue weighted by Gasteiger charge is -2.12. The molecule has 0 saturated carbocycles. The van der Waals surface area contributed by atoms with Crippen LogP contribution in [0.5, 0.6) is 0 Å². The third kappa shape index (κ3) is 3.66. The summed E-state index contributed by atoms with van der Waals surface area (Å²) in [4.78, 5) is 10.9. The van der Waals surface area contributed by atoms with Crippen LogP contribution in [0.1, 0.15) is 25.0 Å². The van der Waals surface area contributed by atoms with Gasteiger partial charge in [-0.25, -0.2) is 4.79 Å². The molecule has 0 aliphatic heterocycles. The van der Waals surface area contributed by atoms with Crippen molar-refractivity contribution in [1.82, 2.24) is 0 Å². The average Bonchev–Trinajstić information content (AvgIpc) is 2.29. The van der Waals surface area contributed by atoms with Gasteiger partial charge >= 0.3 is 5.97 Å². The minimum absolute atomic E-state index is 0.421. The number of hydrogen-bond acceptors (Lipinski definition) is 2. The van der Waals surface area contributed by atoms with Crippen molar-refractivity contribution in [3.63, 3.8) is 0 Å². The second kappa shape index (κ2) is 6.28. The lowest BCUT2D eigenvalue weighted by molar-refractivity contribution is -0.149. The second-order valence-corrected chi connectivity index (χ2v) is 3.66. The van der Waals surface area contributed by atoms with Crippen molar-refractivity contribution >= 4 is 5.97 Å². The molecule has 3 nitrogen and oxygen atoms in total. The van der Waals surface area contributed by atoms with Gasteiger partial charge in [0.15, 0.2) is 6.10 Å². The minimum Gasteiger partial charge on any atom is -0.479 e. The van der Waals surface area contributed by atoms with Crippen molar-refractivity contribution in [1.29, 1.82) is 0 Å². The molecule has 0 fully saturated rings. The lowest BCUT2D eigenvalue weighted by Crippen LogP contribution is -2.26. The summed E-state index contributed by atoms with van der Waals surface area (Å²) in [6.07, 6.45) is 0.679. The van der Waals surface area contributed by atoms with Gasteiger partial charge in [-0.15, -0.1) is 0 Å². The zero-order valence-electron chi connectivity index (χ0n) is 9.77. The third-order valence-electron chi connectivity index (χ3n) is 2.50. The van der Waals surface area contributed by atoms with E-state index in [0.29, 0.717) is 13.0 Å². The molecule has 0 radical (unpaired) electrons. The Morgan fingerprint density at radius 2 is 1.81 bits per heavy atom. The SMILES string of the molecule is CCO[C@H](Cc1ccc(CC)cc1)C(=O)O. The number of aliphatic carboxylic acids is 1. The Morgan fingerprint density at radius 1 is 1.25 bits per heavy atom. The van der Waals surface area contributed by atoms with Gasteiger partial charge in [-0.2, -0.15) is 0 Å². The van der Waals surface area contributed by atoms with E-state index in [-0.39, 0.29) is 0 Å². The monoisotopic (exact) mass is 222 g/mol. The molecule has 0 heterocycles. The molecule has 1 rings (SSSR count). The van der Waals surface area contributed by atoms with E-state index in [1.165, 1.54) is 5.56 Å². The molecule has 0 saturated heterocycles. The van der Waals surface area contributed by atoms with Gasteiger partial charge in [0.1, 0.15) is 0 Å². The molecule has 0 bridgehead atoms. The number of rotatable bonds is 6. The zero-order valence-corrected chi connectivity index (χ0v) is 9.77. The quantitative estimate of drug-likeness (QED) is 0.803. The predicted molar refractivity (Wildman–Crippen MR) is 62.6 cm³/mol. The summed E-state index contributed by atoms with van der Waals surface area (Å²) in [5.74, 6) is -0.901.